The van der Waals surface area contributed by atoms with Crippen molar-refractivity contribution in [3.8, 4) is 17.1 Å². The molecule has 0 spiro atoms. The van der Waals surface area contributed by atoms with Crippen LogP contribution in [0.3, 0.4) is 0 Å². The van der Waals surface area contributed by atoms with Gasteiger partial charge in [-0.15, -0.1) is 10.2 Å². The van der Waals surface area contributed by atoms with Crippen LogP contribution in [0.4, 0.5) is 10.1 Å². The first-order chi connectivity index (χ1) is 14.6. The molecule has 4 aromatic rings. The van der Waals surface area contributed by atoms with E-state index < -0.39 is 0 Å². The Morgan fingerprint density at radius 1 is 0.967 bits per heavy atom. The van der Waals surface area contributed by atoms with Crippen LogP contribution in [-0.4, -0.2) is 26.4 Å². The molecule has 0 aliphatic carbocycles. The fraction of sp³-hybridized carbons (Fsp3) is 0.0455. The van der Waals surface area contributed by atoms with Gasteiger partial charge < -0.3 is 5.32 Å². The SMILES string of the molecule is O=C(CSc1nnc(-c2ccccc2)n1-c1ccc(F)cc1)Nc1ccccc1Cl. The maximum absolute atomic E-state index is 13.4. The van der Waals surface area contributed by atoms with Gasteiger partial charge in [-0.3, -0.25) is 9.36 Å². The molecule has 5 nitrogen and oxygen atoms in total. The third-order valence-electron chi connectivity index (χ3n) is 4.23. The Morgan fingerprint density at radius 2 is 1.67 bits per heavy atom. The summed E-state index contributed by atoms with van der Waals surface area (Å²) in [5, 5.41) is 12.3. The molecule has 0 radical (unpaired) electrons. The quantitative estimate of drug-likeness (QED) is 0.406. The van der Waals surface area contributed by atoms with Crippen LogP contribution in [0.2, 0.25) is 5.02 Å². The Labute approximate surface area is 181 Å². The van der Waals surface area contributed by atoms with E-state index in [1.54, 1.807) is 36.4 Å². The first-order valence-electron chi connectivity index (χ1n) is 9.06. The van der Waals surface area contributed by atoms with Crippen molar-refractivity contribution in [3.05, 3.63) is 89.7 Å². The monoisotopic (exact) mass is 438 g/mol. The highest BCUT2D eigenvalue weighted by Gasteiger charge is 2.17. The molecule has 1 heterocycles. The summed E-state index contributed by atoms with van der Waals surface area (Å²) in [5.41, 5.74) is 2.12. The number of hydrogen-bond acceptors (Lipinski definition) is 4. The van der Waals surface area contributed by atoms with Gasteiger partial charge in [0.2, 0.25) is 5.91 Å². The summed E-state index contributed by atoms with van der Waals surface area (Å²) in [6, 6.07) is 22.7. The molecule has 0 saturated carbocycles. The van der Waals surface area contributed by atoms with E-state index >= 15 is 0 Å². The molecule has 1 aromatic heterocycles. The van der Waals surface area contributed by atoms with Gasteiger partial charge in [-0.05, 0) is 36.4 Å². The Morgan fingerprint density at radius 3 is 2.40 bits per heavy atom. The maximum Gasteiger partial charge on any atom is 0.234 e. The predicted octanol–water partition coefficient (Wildman–Crippen LogP) is 5.46. The first-order valence-corrected chi connectivity index (χ1v) is 10.4. The summed E-state index contributed by atoms with van der Waals surface area (Å²) in [4.78, 5) is 12.4. The molecule has 0 saturated heterocycles. The number of thioether (sulfide) groups is 1. The third-order valence-corrected chi connectivity index (χ3v) is 5.49. The summed E-state index contributed by atoms with van der Waals surface area (Å²) < 4.78 is 15.2. The van der Waals surface area contributed by atoms with Gasteiger partial charge in [0.15, 0.2) is 11.0 Å². The van der Waals surface area contributed by atoms with E-state index in [2.05, 4.69) is 15.5 Å². The molecular weight excluding hydrogens is 423 g/mol. The number of amides is 1. The van der Waals surface area contributed by atoms with Crippen molar-refractivity contribution in [1.82, 2.24) is 14.8 Å². The Hall–Kier alpha value is -3.16. The average Bonchev–Trinajstić information content (AvgIpc) is 3.19. The Bertz CT molecular complexity index is 1170. The molecule has 4 rings (SSSR count). The fourth-order valence-electron chi connectivity index (χ4n) is 2.84. The molecule has 8 heteroatoms. The summed E-state index contributed by atoms with van der Waals surface area (Å²) in [6.07, 6.45) is 0. The van der Waals surface area contributed by atoms with Crippen molar-refractivity contribution in [3.63, 3.8) is 0 Å². The van der Waals surface area contributed by atoms with Crippen LogP contribution in [0.15, 0.2) is 84.0 Å². The molecular formula is C22H16ClFN4OS. The lowest BCUT2D eigenvalue weighted by atomic mass is 10.2. The molecule has 0 aliphatic rings. The highest BCUT2D eigenvalue weighted by Crippen LogP contribution is 2.28. The summed E-state index contributed by atoms with van der Waals surface area (Å²) in [7, 11) is 0. The third kappa shape index (κ3) is 4.53. The van der Waals surface area contributed by atoms with Crippen LogP contribution in [-0.2, 0) is 4.79 Å². The van der Waals surface area contributed by atoms with Crippen LogP contribution in [0.5, 0.6) is 0 Å². The lowest BCUT2D eigenvalue weighted by Gasteiger charge is -2.11. The number of carbonyl (C=O) groups is 1. The number of anilines is 1. The average molecular weight is 439 g/mol. The van der Waals surface area contributed by atoms with Crippen molar-refractivity contribution in [2.45, 2.75) is 5.16 Å². The van der Waals surface area contributed by atoms with Gasteiger partial charge in [0.1, 0.15) is 5.82 Å². The number of nitrogens with zero attached hydrogens (tertiary/aromatic N) is 3. The largest absolute Gasteiger partial charge is 0.324 e. The summed E-state index contributed by atoms with van der Waals surface area (Å²) >= 11 is 7.33. The molecule has 150 valence electrons. The summed E-state index contributed by atoms with van der Waals surface area (Å²) in [6.45, 7) is 0. The Balaban J connectivity index is 1.60. The van der Waals surface area contributed by atoms with Gasteiger partial charge in [0, 0.05) is 11.3 Å². The lowest BCUT2D eigenvalue weighted by molar-refractivity contribution is -0.113. The van der Waals surface area contributed by atoms with Gasteiger partial charge in [0.05, 0.1) is 16.5 Å². The zero-order chi connectivity index (χ0) is 20.9. The van der Waals surface area contributed by atoms with E-state index in [1.165, 1.54) is 23.9 Å². The van der Waals surface area contributed by atoms with Crippen LogP contribution in [0, 0.1) is 5.82 Å². The molecule has 1 N–H and O–H groups in total. The van der Waals surface area contributed by atoms with Gasteiger partial charge >= 0.3 is 0 Å². The smallest absolute Gasteiger partial charge is 0.234 e. The van der Waals surface area contributed by atoms with E-state index in [0.29, 0.717) is 27.4 Å². The number of rotatable bonds is 6. The molecule has 0 unspecified atom stereocenters. The standard InChI is InChI=1S/C22H16ClFN4OS/c23-18-8-4-5-9-19(18)25-20(29)14-30-22-27-26-21(15-6-2-1-3-7-15)28(22)17-12-10-16(24)11-13-17/h1-13H,14H2,(H,25,29). The number of aromatic nitrogens is 3. The number of carbonyl (C=O) groups excluding carboxylic acids is 1. The van der Waals surface area contributed by atoms with E-state index in [9.17, 15) is 9.18 Å². The van der Waals surface area contributed by atoms with Gasteiger partial charge in [-0.25, -0.2) is 4.39 Å². The van der Waals surface area contributed by atoms with E-state index in [-0.39, 0.29) is 17.5 Å². The van der Waals surface area contributed by atoms with Crippen LogP contribution in [0.1, 0.15) is 0 Å². The van der Waals surface area contributed by atoms with Crippen molar-refractivity contribution >= 4 is 35.0 Å². The molecule has 0 aliphatic heterocycles. The summed E-state index contributed by atoms with van der Waals surface area (Å²) in [5.74, 6) is 0.167. The second-order valence-electron chi connectivity index (χ2n) is 6.30. The van der Waals surface area contributed by atoms with E-state index in [1.807, 2.05) is 34.9 Å². The number of hydrogen-bond donors (Lipinski definition) is 1. The van der Waals surface area contributed by atoms with Gasteiger partial charge in [-0.2, -0.15) is 0 Å². The van der Waals surface area contributed by atoms with E-state index in [4.69, 9.17) is 11.6 Å². The van der Waals surface area contributed by atoms with E-state index in [0.717, 1.165) is 5.56 Å². The minimum Gasteiger partial charge on any atom is -0.324 e. The number of benzene rings is 3. The first kappa shape index (κ1) is 20.1. The second-order valence-corrected chi connectivity index (χ2v) is 7.65. The highest BCUT2D eigenvalue weighted by molar-refractivity contribution is 7.99. The molecule has 1 amide bonds. The molecule has 0 atom stereocenters. The molecule has 3 aromatic carbocycles. The van der Waals surface area contributed by atoms with Gasteiger partial charge in [0.25, 0.3) is 0 Å². The molecule has 0 bridgehead atoms. The van der Waals surface area contributed by atoms with Gasteiger partial charge in [-0.1, -0.05) is 65.8 Å². The lowest BCUT2D eigenvalue weighted by Crippen LogP contribution is -2.14. The van der Waals surface area contributed by atoms with Crippen molar-refractivity contribution < 1.29 is 9.18 Å². The molecule has 0 fully saturated rings. The van der Waals surface area contributed by atoms with Crippen molar-refractivity contribution in [2.75, 3.05) is 11.1 Å². The maximum atomic E-state index is 13.4. The topological polar surface area (TPSA) is 59.8 Å². The Kier molecular flexibility index (Phi) is 6.11. The van der Waals surface area contributed by atoms with Crippen LogP contribution < -0.4 is 5.32 Å². The zero-order valence-corrected chi connectivity index (χ0v) is 17.2. The minimum atomic E-state index is -0.332. The minimum absolute atomic E-state index is 0.110. The number of halogens is 2. The van der Waals surface area contributed by atoms with Crippen molar-refractivity contribution in [2.24, 2.45) is 0 Å². The predicted molar refractivity (Wildman–Crippen MR) is 118 cm³/mol. The fourth-order valence-corrected chi connectivity index (χ4v) is 3.77. The van der Waals surface area contributed by atoms with Crippen molar-refractivity contribution in [1.29, 1.82) is 0 Å². The second kappa shape index (κ2) is 9.11. The normalized spacial score (nSPS) is 10.7. The zero-order valence-electron chi connectivity index (χ0n) is 15.6. The van der Waals surface area contributed by atoms with Crippen LogP contribution in [0.25, 0.3) is 17.1 Å². The van der Waals surface area contributed by atoms with Crippen LogP contribution >= 0.6 is 23.4 Å². The number of para-hydroxylation sites is 1. The highest BCUT2D eigenvalue weighted by atomic mass is 35.5. The number of nitrogens with one attached hydrogen (secondary N) is 1. The molecule has 30 heavy (non-hydrogen) atoms.